The number of nitrogens with zero attached hydrogens (tertiary/aromatic N) is 1. The summed E-state index contributed by atoms with van der Waals surface area (Å²) in [5.41, 5.74) is 0. The molecule has 6 heteroatoms. The molecule has 5 nitrogen and oxygen atoms in total. The Balaban J connectivity index is 1.88. The molecule has 1 saturated heterocycles. The smallest absolute Gasteiger partial charge is 0.151 e. The Morgan fingerprint density at radius 3 is 2.71 bits per heavy atom. The van der Waals surface area contributed by atoms with Crippen LogP contribution in [0.15, 0.2) is 0 Å². The third kappa shape index (κ3) is 4.65. The molecular weight excluding hydrogens is 288 g/mol. The fraction of sp³-hybridized carbons (Fsp3) is 1.00. The first kappa shape index (κ1) is 17.2. The lowest BCUT2D eigenvalue weighted by molar-refractivity contribution is -0.0186. The Labute approximate surface area is 129 Å². The van der Waals surface area contributed by atoms with Gasteiger partial charge in [-0.1, -0.05) is 12.8 Å². The van der Waals surface area contributed by atoms with Gasteiger partial charge >= 0.3 is 0 Å². The maximum absolute atomic E-state index is 11.9. The molecule has 0 amide bonds. The van der Waals surface area contributed by atoms with E-state index in [1.165, 1.54) is 6.26 Å². The molecule has 1 saturated carbocycles. The second kappa shape index (κ2) is 7.40. The highest BCUT2D eigenvalue weighted by Gasteiger charge is 2.33. The molecular formula is C15H30N2O3S. The summed E-state index contributed by atoms with van der Waals surface area (Å²) < 4.78 is 29.3. The van der Waals surface area contributed by atoms with E-state index >= 15 is 0 Å². The minimum atomic E-state index is -2.95. The third-order valence-electron chi connectivity index (χ3n) is 4.91. The van der Waals surface area contributed by atoms with E-state index in [1.54, 1.807) is 0 Å². The standard InChI is InChI=1S/C15H30N2O3S/c1-12(17-8-9-20-11-13(17)2)10-16-14-6-4-5-7-15(14)21(3,18)19/h12-16H,4-11H2,1-3H3/t12-,13-,14-,15-/m1/s1. The molecule has 1 aliphatic heterocycles. The summed E-state index contributed by atoms with van der Waals surface area (Å²) in [6.07, 6.45) is 5.32. The van der Waals surface area contributed by atoms with Crippen LogP contribution in [0.4, 0.5) is 0 Å². The summed E-state index contributed by atoms with van der Waals surface area (Å²) in [7, 11) is -2.95. The van der Waals surface area contributed by atoms with Crippen LogP contribution in [0.3, 0.4) is 0 Å². The fourth-order valence-electron chi connectivity index (χ4n) is 3.68. The molecule has 1 N–H and O–H groups in total. The largest absolute Gasteiger partial charge is 0.379 e. The minimum Gasteiger partial charge on any atom is -0.379 e. The average molecular weight is 318 g/mol. The molecule has 0 bridgehead atoms. The normalized spacial score (nSPS) is 33.8. The predicted octanol–water partition coefficient (Wildman–Crippen LogP) is 1.04. The summed E-state index contributed by atoms with van der Waals surface area (Å²) in [4.78, 5) is 2.45. The summed E-state index contributed by atoms with van der Waals surface area (Å²) >= 11 is 0. The van der Waals surface area contributed by atoms with Gasteiger partial charge in [0.25, 0.3) is 0 Å². The second-order valence-corrected chi connectivity index (χ2v) is 8.94. The molecule has 2 aliphatic rings. The van der Waals surface area contributed by atoms with E-state index in [2.05, 4.69) is 24.1 Å². The van der Waals surface area contributed by atoms with Crippen molar-refractivity contribution in [1.82, 2.24) is 10.2 Å². The molecule has 0 radical (unpaired) electrons. The van der Waals surface area contributed by atoms with Crippen molar-refractivity contribution in [1.29, 1.82) is 0 Å². The van der Waals surface area contributed by atoms with Crippen LogP contribution in [-0.2, 0) is 14.6 Å². The number of rotatable bonds is 5. The number of sulfone groups is 1. The topological polar surface area (TPSA) is 58.6 Å². The van der Waals surface area contributed by atoms with Gasteiger partial charge in [0.15, 0.2) is 9.84 Å². The van der Waals surface area contributed by atoms with Gasteiger partial charge in [-0.2, -0.15) is 0 Å². The quantitative estimate of drug-likeness (QED) is 0.821. The van der Waals surface area contributed by atoms with Crippen LogP contribution in [0.5, 0.6) is 0 Å². The monoisotopic (exact) mass is 318 g/mol. The molecule has 2 rings (SSSR count). The van der Waals surface area contributed by atoms with E-state index in [4.69, 9.17) is 4.74 Å². The maximum Gasteiger partial charge on any atom is 0.151 e. The van der Waals surface area contributed by atoms with Crippen molar-refractivity contribution in [2.45, 2.75) is 62.9 Å². The van der Waals surface area contributed by atoms with Gasteiger partial charge in [-0.05, 0) is 26.7 Å². The van der Waals surface area contributed by atoms with Crippen molar-refractivity contribution < 1.29 is 13.2 Å². The lowest BCUT2D eigenvalue weighted by Gasteiger charge is -2.39. The third-order valence-corrected chi connectivity index (χ3v) is 6.58. The summed E-state index contributed by atoms with van der Waals surface area (Å²) in [6.45, 7) is 7.80. The highest BCUT2D eigenvalue weighted by atomic mass is 32.2. The van der Waals surface area contributed by atoms with Crippen molar-refractivity contribution in [3.63, 3.8) is 0 Å². The van der Waals surface area contributed by atoms with E-state index in [0.717, 1.165) is 52.0 Å². The summed E-state index contributed by atoms with van der Waals surface area (Å²) in [6, 6.07) is 0.964. The van der Waals surface area contributed by atoms with Crippen molar-refractivity contribution in [2.24, 2.45) is 0 Å². The predicted molar refractivity (Wildman–Crippen MR) is 85.3 cm³/mol. The van der Waals surface area contributed by atoms with Gasteiger partial charge in [-0.25, -0.2) is 8.42 Å². The molecule has 21 heavy (non-hydrogen) atoms. The zero-order valence-corrected chi connectivity index (χ0v) is 14.4. The molecule has 4 atom stereocenters. The van der Waals surface area contributed by atoms with Gasteiger partial charge in [-0.15, -0.1) is 0 Å². The molecule has 0 spiro atoms. The van der Waals surface area contributed by atoms with E-state index < -0.39 is 9.84 Å². The van der Waals surface area contributed by atoms with Crippen LogP contribution < -0.4 is 5.32 Å². The first-order chi connectivity index (χ1) is 9.89. The molecule has 0 unspecified atom stereocenters. The van der Waals surface area contributed by atoms with Crippen LogP contribution in [0.1, 0.15) is 39.5 Å². The van der Waals surface area contributed by atoms with Crippen LogP contribution in [0.25, 0.3) is 0 Å². The molecule has 1 aliphatic carbocycles. The minimum absolute atomic E-state index is 0.118. The average Bonchev–Trinajstić information content (AvgIpc) is 2.44. The second-order valence-electron chi connectivity index (χ2n) is 6.68. The number of morpholine rings is 1. The van der Waals surface area contributed by atoms with Crippen LogP contribution >= 0.6 is 0 Å². The zero-order chi connectivity index (χ0) is 15.5. The lowest BCUT2D eigenvalue weighted by atomic mass is 9.94. The van der Waals surface area contributed by atoms with E-state index in [-0.39, 0.29) is 11.3 Å². The van der Waals surface area contributed by atoms with Gasteiger partial charge < -0.3 is 10.1 Å². The Morgan fingerprint density at radius 1 is 1.33 bits per heavy atom. The van der Waals surface area contributed by atoms with Gasteiger partial charge in [0.2, 0.25) is 0 Å². The lowest BCUT2D eigenvalue weighted by Crippen LogP contribution is -2.54. The molecule has 0 aromatic carbocycles. The summed E-state index contributed by atoms with van der Waals surface area (Å²) in [5.74, 6) is 0. The van der Waals surface area contributed by atoms with Gasteiger partial charge in [-0.3, -0.25) is 4.90 Å². The van der Waals surface area contributed by atoms with E-state index in [1.807, 2.05) is 0 Å². The fourth-order valence-corrected chi connectivity index (χ4v) is 5.10. The van der Waals surface area contributed by atoms with Gasteiger partial charge in [0.05, 0.1) is 18.5 Å². The van der Waals surface area contributed by atoms with Crippen LogP contribution in [0.2, 0.25) is 0 Å². The molecule has 1 heterocycles. The molecule has 124 valence electrons. The Bertz CT molecular complexity index is 427. The molecule has 0 aromatic rings. The van der Waals surface area contributed by atoms with E-state index in [9.17, 15) is 8.42 Å². The molecule has 2 fully saturated rings. The van der Waals surface area contributed by atoms with Gasteiger partial charge in [0.1, 0.15) is 0 Å². The van der Waals surface area contributed by atoms with Crippen molar-refractivity contribution in [3.05, 3.63) is 0 Å². The number of nitrogens with one attached hydrogen (secondary N) is 1. The number of hydrogen-bond donors (Lipinski definition) is 1. The van der Waals surface area contributed by atoms with Crippen molar-refractivity contribution >= 4 is 9.84 Å². The Kier molecular flexibility index (Phi) is 6.05. The van der Waals surface area contributed by atoms with E-state index in [0.29, 0.717) is 12.1 Å². The van der Waals surface area contributed by atoms with Crippen molar-refractivity contribution in [2.75, 3.05) is 32.6 Å². The Morgan fingerprint density at radius 2 is 2.05 bits per heavy atom. The zero-order valence-electron chi connectivity index (χ0n) is 13.5. The maximum atomic E-state index is 11.9. The van der Waals surface area contributed by atoms with Gasteiger partial charge in [0, 0.05) is 37.5 Å². The number of hydrogen-bond acceptors (Lipinski definition) is 5. The highest BCUT2D eigenvalue weighted by Crippen LogP contribution is 2.24. The van der Waals surface area contributed by atoms with Crippen LogP contribution in [-0.4, -0.2) is 69.3 Å². The molecule has 0 aromatic heterocycles. The van der Waals surface area contributed by atoms with Crippen LogP contribution in [0, 0.1) is 0 Å². The first-order valence-corrected chi connectivity index (χ1v) is 10.1. The van der Waals surface area contributed by atoms with Crippen molar-refractivity contribution in [3.8, 4) is 0 Å². The SMILES string of the molecule is C[C@H](CN[C@@H]1CCCC[C@H]1S(C)(=O)=O)N1CCOC[C@H]1C. The Hall–Kier alpha value is -0.170. The highest BCUT2D eigenvalue weighted by molar-refractivity contribution is 7.91. The summed E-state index contributed by atoms with van der Waals surface area (Å²) in [5, 5.41) is 3.33. The number of ether oxygens (including phenoxy) is 1. The first-order valence-electron chi connectivity index (χ1n) is 8.15.